The van der Waals surface area contributed by atoms with Crippen molar-refractivity contribution in [3.63, 3.8) is 0 Å². The molecule has 0 unspecified atom stereocenters. The Morgan fingerprint density at radius 1 is 1.43 bits per heavy atom. The summed E-state index contributed by atoms with van der Waals surface area (Å²) in [6.07, 6.45) is 0.837. The minimum absolute atomic E-state index is 0.0477. The molecule has 1 aliphatic carbocycles. The van der Waals surface area contributed by atoms with Gasteiger partial charge in [0.1, 0.15) is 5.76 Å². The summed E-state index contributed by atoms with van der Waals surface area (Å²) in [5.41, 5.74) is 0. The largest absolute Gasteiger partial charge is 0.501 e. The van der Waals surface area contributed by atoms with Gasteiger partial charge in [0.2, 0.25) is 0 Å². The Balaban J connectivity index is 2.56. The third-order valence-corrected chi connectivity index (χ3v) is 1.62. The van der Waals surface area contributed by atoms with Crippen molar-refractivity contribution in [1.82, 2.24) is 0 Å². The zero-order valence-corrected chi connectivity index (χ0v) is 7.60. The summed E-state index contributed by atoms with van der Waals surface area (Å²) in [4.78, 5) is 0. The highest BCUT2D eigenvalue weighted by atomic mass is 19.3. The van der Waals surface area contributed by atoms with Crippen molar-refractivity contribution in [2.45, 2.75) is 12.5 Å². The van der Waals surface area contributed by atoms with Gasteiger partial charge in [-0.3, -0.25) is 0 Å². The summed E-state index contributed by atoms with van der Waals surface area (Å²) in [5.74, 6) is 0.592. The maximum atomic E-state index is 12.4. The molecule has 14 heavy (non-hydrogen) atoms. The monoisotopic (exact) mass is 207 g/mol. The van der Waals surface area contributed by atoms with E-state index >= 15 is 0 Å². The molecule has 0 bridgehead atoms. The highest BCUT2D eigenvalue weighted by Gasteiger charge is 2.32. The van der Waals surface area contributed by atoms with Crippen molar-refractivity contribution in [2.24, 2.45) is 0 Å². The highest BCUT2D eigenvalue weighted by Crippen LogP contribution is 2.25. The van der Waals surface area contributed by atoms with E-state index < -0.39 is 12.8 Å². The predicted molar refractivity (Wildman–Crippen MR) is 44.1 cm³/mol. The number of allylic oxidation sites excluding steroid dienone is 4. The standard InChI is InChI=1S/C9H10F3O2/c1-13-7-2-4-8(5-3-7)14-9(11,12)6-10/h2,4-5H,3,6H2,1H3. The number of methoxy groups -OCH3 is 1. The van der Waals surface area contributed by atoms with Crippen molar-refractivity contribution in [3.8, 4) is 0 Å². The minimum Gasteiger partial charge on any atom is -0.501 e. The lowest BCUT2D eigenvalue weighted by Crippen LogP contribution is -2.23. The van der Waals surface area contributed by atoms with Crippen LogP contribution in [-0.4, -0.2) is 19.9 Å². The van der Waals surface area contributed by atoms with E-state index in [2.05, 4.69) is 4.74 Å². The van der Waals surface area contributed by atoms with Crippen LogP contribution in [0, 0.1) is 6.42 Å². The van der Waals surface area contributed by atoms with Crippen LogP contribution in [0.4, 0.5) is 13.2 Å². The Kier molecular flexibility index (Phi) is 3.43. The minimum atomic E-state index is -3.75. The molecule has 1 aliphatic rings. The van der Waals surface area contributed by atoms with Crippen LogP contribution >= 0.6 is 0 Å². The molecule has 0 saturated heterocycles. The fraction of sp³-hybridized carbons (Fsp3) is 0.444. The molecule has 2 nitrogen and oxygen atoms in total. The van der Waals surface area contributed by atoms with Gasteiger partial charge < -0.3 is 9.47 Å². The maximum Gasteiger partial charge on any atom is 0.426 e. The van der Waals surface area contributed by atoms with Gasteiger partial charge in [0.15, 0.2) is 6.67 Å². The summed E-state index contributed by atoms with van der Waals surface area (Å²) in [6, 6.07) is 0. The molecule has 1 radical (unpaired) electrons. The molecule has 0 aromatic heterocycles. The second-order valence-electron chi connectivity index (χ2n) is 2.69. The molecule has 0 amide bonds. The maximum absolute atomic E-state index is 12.4. The molecule has 5 heteroatoms. The first kappa shape index (κ1) is 10.9. The zero-order valence-electron chi connectivity index (χ0n) is 7.60. The topological polar surface area (TPSA) is 18.5 Å². The van der Waals surface area contributed by atoms with Gasteiger partial charge in [-0.15, -0.1) is 0 Å². The van der Waals surface area contributed by atoms with Crippen LogP contribution in [0.2, 0.25) is 0 Å². The summed E-state index contributed by atoms with van der Waals surface area (Å²) in [7, 11) is 1.48. The number of alkyl halides is 3. The smallest absolute Gasteiger partial charge is 0.426 e. The first-order chi connectivity index (χ1) is 6.57. The van der Waals surface area contributed by atoms with Crippen LogP contribution in [0.15, 0.2) is 23.7 Å². The molecule has 0 atom stereocenters. The first-order valence-corrected chi connectivity index (χ1v) is 3.98. The molecule has 0 saturated carbocycles. The van der Waals surface area contributed by atoms with Gasteiger partial charge >= 0.3 is 6.11 Å². The Hall–Kier alpha value is -1.13. The van der Waals surface area contributed by atoms with Crippen LogP contribution in [0.5, 0.6) is 0 Å². The Morgan fingerprint density at radius 2 is 2.14 bits per heavy atom. The average Bonchev–Trinajstić information content (AvgIpc) is 2.19. The van der Waals surface area contributed by atoms with E-state index in [0.29, 0.717) is 12.2 Å². The lowest BCUT2D eigenvalue weighted by atomic mass is 10.1. The van der Waals surface area contributed by atoms with Crippen molar-refractivity contribution in [3.05, 3.63) is 30.1 Å². The van der Waals surface area contributed by atoms with Crippen LogP contribution in [-0.2, 0) is 9.47 Å². The van der Waals surface area contributed by atoms with E-state index in [4.69, 9.17) is 4.74 Å². The average molecular weight is 207 g/mol. The number of ether oxygens (including phenoxy) is 2. The third kappa shape index (κ3) is 2.97. The normalized spacial score (nSPS) is 17.1. The molecular weight excluding hydrogens is 197 g/mol. The van der Waals surface area contributed by atoms with Gasteiger partial charge in [-0.05, 0) is 12.2 Å². The van der Waals surface area contributed by atoms with Crippen molar-refractivity contribution in [2.75, 3.05) is 13.8 Å². The fourth-order valence-electron chi connectivity index (χ4n) is 0.939. The molecule has 0 spiro atoms. The fourth-order valence-corrected chi connectivity index (χ4v) is 0.939. The molecule has 0 fully saturated rings. The Bertz CT molecular complexity index is 259. The number of halogens is 3. The van der Waals surface area contributed by atoms with Crippen LogP contribution < -0.4 is 0 Å². The van der Waals surface area contributed by atoms with Crippen LogP contribution in [0.25, 0.3) is 0 Å². The number of hydrogen-bond acceptors (Lipinski definition) is 2. The van der Waals surface area contributed by atoms with Crippen LogP contribution in [0.1, 0.15) is 6.42 Å². The Morgan fingerprint density at radius 3 is 2.57 bits per heavy atom. The van der Waals surface area contributed by atoms with E-state index in [-0.39, 0.29) is 5.76 Å². The van der Waals surface area contributed by atoms with Crippen molar-refractivity contribution < 1.29 is 22.6 Å². The van der Waals surface area contributed by atoms with E-state index in [1.165, 1.54) is 25.7 Å². The van der Waals surface area contributed by atoms with Gasteiger partial charge in [0.05, 0.1) is 12.9 Å². The number of hydrogen-bond donors (Lipinski definition) is 0. The van der Waals surface area contributed by atoms with Gasteiger partial charge in [0, 0.05) is 12.8 Å². The lowest BCUT2D eigenvalue weighted by Gasteiger charge is -2.19. The van der Waals surface area contributed by atoms with Gasteiger partial charge in [0.25, 0.3) is 0 Å². The van der Waals surface area contributed by atoms with Gasteiger partial charge in [-0.1, -0.05) is 0 Å². The summed E-state index contributed by atoms with van der Waals surface area (Å²) >= 11 is 0. The highest BCUT2D eigenvalue weighted by molar-refractivity contribution is 5.24. The van der Waals surface area contributed by atoms with E-state index in [1.807, 2.05) is 0 Å². The van der Waals surface area contributed by atoms with Crippen molar-refractivity contribution in [1.29, 1.82) is 0 Å². The summed E-state index contributed by atoms with van der Waals surface area (Å²) in [6.45, 7) is -1.83. The second-order valence-corrected chi connectivity index (χ2v) is 2.69. The first-order valence-electron chi connectivity index (χ1n) is 3.98. The predicted octanol–water partition coefficient (Wildman–Crippen LogP) is 2.59. The van der Waals surface area contributed by atoms with Gasteiger partial charge in [-0.2, -0.15) is 8.78 Å². The molecule has 0 aromatic rings. The van der Waals surface area contributed by atoms with E-state index in [0.717, 1.165) is 0 Å². The summed E-state index contributed by atoms with van der Waals surface area (Å²) < 4.78 is 45.5. The molecule has 0 heterocycles. The SMILES string of the molecule is COC1=CC=C(OC(F)(F)CF)[CH]C1. The summed E-state index contributed by atoms with van der Waals surface area (Å²) in [5, 5.41) is 0. The molecule has 79 valence electrons. The zero-order chi connectivity index (χ0) is 10.6. The molecule has 0 N–H and O–H groups in total. The van der Waals surface area contributed by atoms with Gasteiger partial charge in [-0.25, -0.2) is 4.39 Å². The molecule has 0 aliphatic heterocycles. The molecular formula is C9H10F3O2. The second kappa shape index (κ2) is 4.39. The molecule has 0 aromatic carbocycles. The third-order valence-electron chi connectivity index (χ3n) is 1.62. The molecule has 1 rings (SSSR count). The van der Waals surface area contributed by atoms with E-state index in [1.54, 1.807) is 0 Å². The number of rotatable bonds is 4. The lowest BCUT2D eigenvalue weighted by molar-refractivity contribution is -0.221. The van der Waals surface area contributed by atoms with E-state index in [9.17, 15) is 13.2 Å². The van der Waals surface area contributed by atoms with Crippen LogP contribution in [0.3, 0.4) is 0 Å². The Labute approximate surface area is 80.0 Å². The van der Waals surface area contributed by atoms with Crippen molar-refractivity contribution >= 4 is 0 Å². The quantitative estimate of drug-likeness (QED) is 0.705.